The van der Waals surface area contributed by atoms with Crippen molar-refractivity contribution in [1.29, 1.82) is 0 Å². The van der Waals surface area contributed by atoms with E-state index in [-0.39, 0.29) is 6.03 Å². The zero-order valence-corrected chi connectivity index (χ0v) is 12.2. The summed E-state index contributed by atoms with van der Waals surface area (Å²) in [7, 11) is 0. The lowest BCUT2D eigenvalue weighted by molar-refractivity contribution is 0.251. The minimum Gasteiger partial charge on any atom is -0.334 e. The standard InChI is InChI=1S/C15H16ClN3O/c1-10-7-11(2)14(13(16)8-10)19-15(20)18-9-12-3-5-17-6-4-12/h3-8H,9H2,1-2H3,(H2,18,19,20). The molecular formula is C15H16ClN3O. The summed E-state index contributed by atoms with van der Waals surface area (Å²) in [5.74, 6) is 0. The summed E-state index contributed by atoms with van der Waals surface area (Å²) in [6.07, 6.45) is 3.38. The number of hydrogen-bond acceptors (Lipinski definition) is 2. The molecule has 0 radical (unpaired) electrons. The number of amides is 2. The van der Waals surface area contributed by atoms with Gasteiger partial charge in [0.05, 0.1) is 10.7 Å². The Bertz CT molecular complexity index is 591. The second kappa shape index (κ2) is 6.39. The van der Waals surface area contributed by atoms with Crippen molar-refractivity contribution in [3.8, 4) is 0 Å². The van der Waals surface area contributed by atoms with E-state index in [0.29, 0.717) is 17.3 Å². The second-order valence-electron chi connectivity index (χ2n) is 4.60. The second-order valence-corrected chi connectivity index (χ2v) is 5.01. The van der Waals surface area contributed by atoms with Crippen molar-refractivity contribution in [3.05, 3.63) is 58.4 Å². The highest BCUT2D eigenvalue weighted by Crippen LogP contribution is 2.27. The van der Waals surface area contributed by atoms with E-state index >= 15 is 0 Å². The molecule has 1 aromatic carbocycles. The number of nitrogens with zero attached hydrogens (tertiary/aromatic N) is 1. The van der Waals surface area contributed by atoms with Crippen molar-refractivity contribution >= 4 is 23.3 Å². The van der Waals surface area contributed by atoms with Crippen LogP contribution in [0, 0.1) is 13.8 Å². The Balaban J connectivity index is 1.98. The Hall–Kier alpha value is -2.07. The first-order valence-electron chi connectivity index (χ1n) is 6.27. The Morgan fingerprint density at radius 3 is 2.60 bits per heavy atom. The monoisotopic (exact) mass is 289 g/mol. The van der Waals surface area contributed by atoms with E-state index in [1.165, 1.54) is 0 Å². The number of nitrogens with one attached hydrogen (secondary N) is 2. The van der Waals surface area contributed by atoms with Crippen molar-refractivity contribution in [2.24, 2.45) is 0 Å². The van der Waals surface area contributed by atoms with E-state index < -0.39 is 0 Å². The van der Waals surface area contributed by atoms with Gasteiger partial charge in [-0.3, -0.25) is 4.98 Å². The van der Waals surface area contributed by atoms with Crippen LogP contribution in [-0.4, -0.2) is 11.0 Å². The fraction of sp³-hybridized carbons (Fsp3) is 0.200. The Labute approximate surface area is 123 Å². The van der Waals surface area contributed by atoms with Crippen LogP contribution in [0.4, 0.5) is 10.5 Å². The number of halogens is 1. The van der Waals surface area contributed by atoms with Crippen LogP contribution in [-0.2, 0) is 6.54 Å². The SMILES string of the molecule is Cc1cc(C)c(NC(=O)NCc2ccncc2)c(Cl)c1. The average Bonchev–Trinajstić information content (AvgIpc) is 2.42. The van der Waals surface area contributed by atoms with E-state index in [1.54, 1.807) is 12.4 Å². The predicted octanol–water partition coefficient (Wildman–Crippen LogP) is 3.67. The zero-order valence-electron chi connectivity index (χ0n) is 11.4. The maximum atomic E-state index is 11.9. The molecule has 0 aliphatic rings. The Morgan fingerprint density at radius 2 is 1.95 bits per heavy atom. The molecule has 0 saturated carbocycles. The normalized spacial score (nSPS) is 10.2. The fourth-order valence-corrected chi connectivity index (χ4v) is 2.28. The zero-order chi connectivity index (χ0) is 14.5. The molecule has 1 aromatic heterocycles. The van der Waals surface area contributed by atoms with Crippen LogP contribution in [0.2, 0.25) is 5.02 Å². The summed E-state index contributed by atoms with van der Waals surface area (Å²) in [5, 5.41) is 6.10. The van der Waals surface area contributed by atoms with Gasteiger partial charge < -0.3 is 10.6 Å². The molecule has 0 bridgehead atoms. The van der Waals surface area contributed by atoms with Gasteiger partial charge in [-0.2, -0.15) is 0 Å². The molecular weight excluding hydrogens is 274 g/mol. The molecule has 0 aliphatic heterocycles. The van der Waals surface area contributed by atoms with Crippen LogP contribution in [0.15, 0.2) is 36.7 Å². The first-order chi connectivity index (χ1) is 9.56. The number of urea groups is 1. The number of aryl methyl sites for hydroxylation is 2. The molecule has 104 valence electrons. The lowest BCUT2D eigenvalue weighted by Crippen LogP contribution is -2.28. The summed E-state index contributed by atoms with van der Waals surface area (Å²) in [5.41, 5.74) is 3.63. The third kappa shape index (κ3) is 3.71. The molecule has 0 fully saturated rings. The number of rotatable bonds is 3. The Kier molecular flexibility index (Phi) is 4.58. The quantitative estimate of drug-likeness (QED) is 0.906. The molecule has 0 atom stereocenters. The molecule has 1 heterocycles. The van der Waals surface area contributed by atoms with Crippen LogP contribution in [0.1, 0.15) is 16.7 Å². The number of aromatic nitrogens is 1. The minimum absolute atomic E-state index is 0.282. The first-order valence-corrected chi connectivity index (χ1v) is 6.64. The van der Waals surface area contributed by atoms with Crippen LogP contribution in [0.3, 0.4) is 0 Å². The number of carbonyl (C=O) groups is 1. The third-order valence-corrected chi connectivity index (χ3v) is 3.17. The van der Waals surface area contributed by atoms with Gasteiger partial charge in [-0.1, -0.05) is 17.7 Å². The first kappa shape index (κ1) is 14.3. The van der Waals surface area contributed by atoms with Crippen molar-refractivity contribution in [1.82, 2.24) is 10.3 Å². The molecule has 0 spiro atoms. The van der Waals surface area contributed by atoms with Crippen molar-refractivity contribution in [2.75, 3.05) is 5.32 Å². The molecule has 2 N–H and O–H groups in total. The number of hydrogen-bond donors (Lipinski definition) is 2. The third-order valence-electron chi connectivity index (χ3n) is 2.87. The number of benzene rings is 1. The molecule has 4 nitrogen and oxygen atoms in total. The summed E-state index contributed by atoms with van der Waals surface area (Å²) in [4.78, 5) is 15.8. The molecule has 2 rings (SSSR count). The van der Waals surface area contributed by atoms with Crippen molar-refractivity contribution < 1.29 is 4.79 Å². The lowest BCUT2D eigenvalue weighted by atomic mass is 10.1. The minimum atomic E-state index is -0.282. The van der Waals surface area contributed by atoms with E-state index in [4.69, 9.17) is 11.6 Å². The van der Waals surface area contributed by atoms with Gasteiger partial charge in [-0.15, -0.1) is 0 Å². The molecule has 5 heteroatoms. The van der Waals surface area contributed by atoms with Crippen molar-refractivity contribution in [2.45, 2.75) is 20.4 Å². The predicted molar refractivity (Wildman–Crippen MR) is 81.0 cm³/mol. The summed E-state index contributed by atoms with van der Waals surface area (Å²) >= 11 is 6.15. The maximum Gasteiger partial charge on any atom is 0.319 e. The molecule has 0 aliphatic carbocycles. The fourth-order valence-electron chi connectivity index (χ4n) is 1.91. The van der Waals surface area contributed by atoms with E-state index in [2.05, 4.69) is 15.6 Å². The van der Waals surface area contributed by atoms with Crippen LogP contribution >= 0.6 is 11.6 Å². The molecule has 20 heavy (non-hydrogen) atoms. The van der Waals surface area contributed by atoms with Gasteiger partial charge in [0, 0.05) is 18.9 Å². The van der Waals surface area contributed by atoms with Gasteiger partial charge in [-0.25, -0.2) is 4.79 Å². The summed E-state index contributed by atoms with van der Waals surface area (Å²) in [6.45, 7) is 4.32. The van der Waals surface area contributed by atoms with Crippen LogP contribution in [0.5, 0.6) is 0 Å². The highest BCUT2D eigenvalue weighted by atomic mass is 35.5. The molecule has 0 saturated heterocycles. The molecule has 0 unspecified atom stereocenters. The highest BCUT2D eigenvalue weighted by molar-refractivity contribution is 6.34. The van der Waals surface area contributed by atoms with Gasteiger partial charge in [0.2, 0.25) is 0 Å². The number of pyridine rings is 1. The van der Waals surface area contributed by atoms with E-state index in [0.717, 1.165) is 16.7 Å². The van der Waals surface area contributed by atoms with Gasteiger partial charge in [0.25, 0.3) is 0 Å². The smallest absolute Gasteiger partial charge is 0.319 e. The largest absolute Gasteiger partial charge is 0.334 e. The Morgan fingerprint density at radius 1 is 1.25 bits per heavy atom. The van der Waals surface area contributed by atoms with E-state index in [1.807, 2.05) is 38.1 Å². The van der Waals surface area contributed by atoms with E-state index in [9.17, 15) is 4.79 Å². The number of carbonyl (C=O) groups excluding carboxylic acids is 1. The van der Waals surface area contributed by atoms with Gasteiger partial charge >= 0.3 is 6.03 Å². The molecule has 2 aromatic rings. The van der Waals surface area contributed by atoms with Gasteiger partial charge in [0.1, 0.15) is 0 Å². The molecule has 2 amide bonds. The summed E-state index contributed by atoms with van der Waals surface area (Å²) < 4.78 is 0. The highest BCUT2D eigenvalue weighted by Gasteiger charge is 2.09. The van der Waals surface area contributed by atoms with Crippen LogP contribution in [0.25, 0.3) is 0 Å². The van der Waals surface area contributed by atoms with Crippen LogP contribution < -0.4 is 10.6 Å². The van der Waals surface area contributed by atoms with Crippen molar-refractivity contribution in [3.63, 3.8) is 0 Å². The van der Waals surface area contributed by atoms with Gasteiger partial charge in [0.15, 0.2) is 0 Å². The topological polar surface area (TPSA) is 54.0 Å². The average molecular weight is 290 g/mol. The summed E-state index contributed by atoms with van der Waals surface area (Å²) in [6, 6.07) is 7.22. The number of anilines is 1. The maximum absolute atomic E-state index is 11.9. The van der Waals surface area contributed by atoms with Gasteiger partial charge in [-0.05, 0) is 48.7 Å². The lowest BCUT2D eigenvalue weighted by Gasteiger charge is -2.12.